The summed E-state index contributed by atoms with van der Waals surface area (Å²) in [5.74, 6) is -0.257. The highest BCUT2D eigenvalue weighted by molar-refractivity contribution is 5.72. The summed E-state index contributed by atoms with van der Waals surface area (Å²) in [4.78, 5) is 11.7. The highest BCUT2D eigenvalue weighted by Gasteiger charge is 2.14. The Balaban J connectivity index is 3.36. The second-order valence-electron chi connectivity index (χ2n) is 5.97. The molecule has 126 valence electrons. The van der Waals surface area contributed by atoms with E-state index in [0.717, 1.165) is 25.9 Å². The lowest BCUT2D eigenvalue weighted by atomic mass is 10.1. The molecule has 0 N–H and O–H groups in total. The van der Waals surface area contributed by atoms with Gasteiger partial charge in [-0.25, -0.2) is 0 Å². The predicted molar refractivity (Wildman–Crippen MR) is 88.5 cm³/mol. The maximum absolute atomic E-state index is 11.7. The van der Waals surface area contributed by atoms with Crippen LogP contribution in [0.5, 0.6) is 0 Å². The van der Waals surface area contributed by atoms with Crippen LogP contribution in [0.15, 0.2) is 0 Å². The molecule has 0 aromatic rings. The molecule has 21 heavy (non-hydrogen) atoms. The third kappa shape index (κ3) is 14.1. The monoisotopic (exact) mass is 300 g/mol. The summed E-state index contributed by atoms with van der Waals surface area (Å²) in [6.07, 6.45) is 12.1. The van der Waals surface area contributed by atoms with Crippen LogP contribution in [-0.4, -0.2) is 25.8 Å². The number of carbonyl (C=O) groups excluding carboxylic acids is 1. The van der Waals surface area contributed by atoms with Crippen LogP contribution < -0.4 is 0 Å². The van der Waals surface area contributed by atoms with Crippen LogP contribution in [0.3, 0.4) is 0 Å². The number of esters is 1. The Morgan fingerprint density at radius 1 is 0.810 bits per heavy atom. The van der Waals surface area contributed by atoms with Gasteiger partial charge in [-0.15, -0.1) is 0 Å². The van der Waals surface area contributed by atoms with Crippen molar-refractivity contribution in [1.82, 2.24) is 0 Å². The molecule has 0 radical (unpaired) electrons. The molecule has 0 aromatic carbocycles. The molecule has 0 spiro atoms. The molecule has 0 rings (SSSR count). The van der Waals surface area contributed by atoms with E-state index in [2.05, 4.69) is 13.8 Å². The lowest BCUT2D eigenvalue weighted by Crippen LogP contribution is -2.20. The molecule has 1 atom stereocenters. The maximum Gasteiger partial charge on any atom is 0.310 e. The van der Waals surface area contributed by atoms with Crippen molar-refractivity contribution in [2.75, 3.05) is 19.8 Å². The molecule has 0 aliphatic heterocycles. The summed E-state index contributed by atoms with van der Waals surface area (Å²) in [6, 6.07) is 0. The summed E-state index contributed by atoms with van der Waals surface area (Å²) in [7, 11) is 0. The molecule has 0 aliphatic carbocycles. The zero-order valence-corrected chi connectivity index (χ0v) is 14.5. The molecule has 3 heteroatoms. The lowest BCUT2D eigenvalue weighted by Gasteiger charge is -2.12. The van der Waals surface area contributed by atoms with Crippen molar-refractivity contribution < 1.29 is 14.3 Å². The smallest absolute Gasteiger partial charge is 0.310 e. The van der Waals surface area contributed by atoms with Gasteiger partial charge in [0.25, 0.3) is 0 Å². The van der Waals surface area contributed by atoms with Crippen molar-refractivity contribution in [3.8, 4) is 0 Å². The summed E-state index contributed by atoms with van der Waals surface area (Å²) in [5.41, 5.74) is 0. The van der Waals surface area contributed by atoms with Gasteiger partial charge in [0.15, 0.2) is 0 Å². The van der Waals surface area contributed by atoms with Crippen LogP contribution in [0.1, 0.15) is 85.0 Å². The Morgan fingerprint density at radius 2 is 1.33 bits per heavy atom. The highest BCUT2D eigenvalue weighted by atomic mass is 16.5. The van der Waals surface area contributed by atoms with Crippen molar-refractivity contribution in [2.24, 2.45) is 5.92 Å². The Bertz CT molecular complexity index is 229. The van der Waals surface area contributed by atoms with Gasteiger partial charge in [0.05, 0.1) is 19.1 Å². The molecule has 0 saturated heterocycles. The topological polar surface area (TPSA) is 35.5 Å². The molecular weight excluding hydrogens is 264 g/mol. The molecule has 0 aromatic heterocycles. The lowest BCUT2D eigenvalue weighted by molar-refractivity contribution is -0.150. The first-order chi connectivity index (χ1) is 10.2. The molecule has 0 fully saturated rings. The largest absolute Gasteiger partial charge is 0.465 e. The standard InChI is InChI=1S/C18H36O3/c1-4-6-8-10-12-14-20-16-17(3)18(19)21-15-13-11-9-7-5-2/h17H,4-16H2,1-3H3. The number of carbonyl (C=O) groups is 1. The number of ether oxygens (including phenoxy) is 2. The third-order valence-electron chi connectivity index (χ3n) is 3.65. The van der Waals surface area contributed by atoms with Gasteiger partial charge in [-0.1, -0.05) is 65.2 Å². The molecule has 0 bridgehead atoms. The quantitative estimate of drug-likeness (QED) is 0.311. The van der Waals surface area contributed by atoms with Crippen LogP contribution in [-0.2, 0) is 14.3 Å². The van der Waals surface area contributed by atoms with Crippen molar-refractivity contribution in [3.63, 3.8) is 0 Å². The normalized spacial score (nSPS) is 12.3. The fourth-order valence-corrected chi connectivity index (χ4v) is 2.16. The summed E-state index contributed by atoms with van der Waals surface area (Å²) >= 11 is 0. The minimum atomic E-state index is -0.142. The molecule has 0 aliphatic rings. The van der Waals surface area contributed by atoms with Gasteiger partial charge >= 0.3 is 5.97 Å². The maximum atomic E-state index is 11.7. The van der Waals surface area contributed by atoms with Crippen LogP contribution in [0.25, 0.3) is 0 Å². The number of hydrogen-bond donors (Lipinski definition) is 0. The van der Waals surface area contributed by atoms with E-state index in [9.17, 15) is 4.79 Å². The van der Waals surface area contributed by atoms with Crippen molar-refractivity contribution in [2.45, 2.75) is 85.0 Å². The first-order valence-corrected chi connectivity index (χ1v) is 8.96. The van der Waals surface area contributed by atoms with Crippen LogP contribution in [0.2, 0.25) is 0 Å². The van der Waals surface area contributed by atoms with E-state index in [1.807, 2.05) is 6.92 Å². The van der Waals surface area contributed by atoms with E-state index < -0.39 is 0 Å². The fraction of sp³-hybridized carbons (Fsp3) is 0.944. The van der Waals surface area contributed by atoms with Crippen molar-refractivity contribution >= 4 is 5.97 Å². The van der Waals surface area contributed by atoms with Gasteiger partial charge in [-0.2, -0.15) is 0 Å². The average Bonchev–Trinajstić information content (AvgIpc) is 2.49. The first-order valence-electron chi connectivity index (χ1n) is 8.96. The zero-order valence-electron chi connectivity index (χ0n) is 14.5. The molecular formula is C18H36O3. The Morgan fingerprint density at radius 3 is 1.90 bits per heavy atom. The summed E-state index contributed by atoms with van der Waals surface area (Å²) < 4.78 is 10.8. The third-order valence-corrected chi connectivity index (χ3v) is 3.65. The van der Waals surface area contributed by atoms with E-state index in [0.29, 0.717) is 13.2 Å². The first kappa shape index (κ1) is 20.4. The van der Waals surface area contributed by atoms with Gasteiger partial charge < -0.3 is 9.47 Å². The van der Waals surface area contributed by atoms with Gasteiger partial charge in [-0.3, -0.25) is 4.79 Å². The van der Waals surface area contributed by atoms with Gasteiger partial charge in [-0.05, 0) is 19.8 Å². The van der Waals surface area contributed by atoms with Gasteiger partial charge in [0.2, 0.25) is 0 Å². The minimum Gasteiger partial charge on any atom is -0.465 e. The number of rotatable bonds is 15. The van der Waals surface area contributed by atoms with Crippen LogP contribution >= 0.6 is 0 Å². The van der Waals surface area contributed by atoms with Crippen molar-refractivity contribution in [3.05, 3.63) is 0 Å². The Hall–Kier alpha value is -0.570. The molecule has 0 amide bonds. The number of hydrogen-bond acceptors (Lipinski definition) is 3. The Kier molecular flexibility index (Phi) is 15.4. The average molecular weight is 300 g/mol. The van der Waals surface area contributed by atoms with E-state index in [1.54, 1.807) is 0 Å². The van der Waals surface area contributed by atoms with E-state index >= 15 is 0 Å². The van der Waals surface area contributed by atoms with Gasteiger partial charge in [0.1, 0.15) is 0 Å². The molecule has 3 nitrogen and oxygen atoms in total. The predicted octanol–water partition coefficient (Wildman–Crippen LogP) is 5.12. The van der Waals surface area contributed by atoms with E-state index in [-0.39, 0.29) is 11.9 Å². The highest BCUT2D eigenvalue weighted by Crippen LogP contribution is 2.06. The second-order valence-corrected chi connectivity index (χ2v) is 5.97. The molecule has 0 saturated carbocycles. The van der Waals surface area contributed by atoms with Crippen LogP contribution in [0, 0.1) is 5.92 Å². The number of unbranched alkanes of at least 4 members (excludes halogenated alkanes) is 8. The fourth-order valence-electron chi connectivity index (χ4n) is 2.16. The Labute approximate surface area is 131 Å². The SMILES string of the molecule is CCCCCCCOCC(C)C(=O)OCCCCCCC. The van der Waals surface area contributed by atoms with Crippen LogP contribution in [0.4, 0.5) is 0 Å². The summed E-state index contributed by atoms with van der Waals surface area (Å²) in [6.45, 7) is 8.11. The second kappa shape index (κ2) is 15.8. The summed E-state index contributed by atoms with van der Waals surface area (Å²) in [5, 5.41) is 0. The van der Waals surface area contributed by atoms with Gasteiger partial charge in [0, 0.05) is 6.61 Å². The van der Waals surface area contributed by atoms with E-state index in [1.165, 1.54) is 44.9 Å². The molecule has 0 heterocycles. The zero-order chi connectivity index (χ0) is 15.8. The minimum absolute atomic E-state index is 0.114. The van der Waals surface area contributed by atoms with Crippen molar-refractivity contribution in [1.29, 1.82) is 0 Å². The molecule has 1 unspecified atom stereocenters. The van der Waals surface area contributed by atoms with E-state index in [4.69, 9.17) is 9.47 Å².